The van der Waals surface area contributed by atoms with Crippen LogP contribution in [0.3, 0.4) is 0 Å². The first-order valence-corrected chi connectivity index (χ1v) is 11.5. The normalized spacial score (nSPS) is 16.9. The van der Waals surface area contributed by atoms with Gasteiger partial charge in [0.15, 0.2) is 11.5 Å². The number of para-hydroxylation sites is 3. The maximum Gasteiger partial charge on any atom is 0.294 e. The van der Waals surface area contributed by atoms with E-state index in [1.54, 1.807) is 6.08 Å². The number of carbonyl (C=O) groups excluding carboxylic acids is 2. The second-order valence-electron chi connectivity index (χ2n) is 8.59. The largest absolute Gasteiger partial charge is 0.449 e. The first kappa shape index (κ1) is 21.8. The maximum atomic E-state index is 13.4. The highest BCUT2D eigenvalue weighted by Gasteiger charge is 2.33. The minimum absolute atomic E-state index is 0.0182. The molecule has 1 fully saturated rings. The van der Waals surface area contributed by atoms with Gasteiger partial charge in [-0.25, -0.2) is 0 Å². The lowest BCUT2D eigenvalue weighted by atomic mass is 10.1. The number of hydrogen-bond donors (Lipinski definition) is 0. The fourth-order valence-corrected chi connectivity index (χ4v) is 4.42. The number of rotatable bonds is 4. The highest BCUT2D eigenvalue weighted by atomic mass is 16.5. The van der Waals surface area contributed by atoms with E-state index in [2.05, 4.69) is 17.0 Å². The van der Waals surface area contributed by atoms with Crippen LogP contribution in [-0.4, -0.2) is 49.4 Å². The molecule has 34 heavy (non-hydrogen) atoms. The molecular formula is C28H27N3O3. The van der Waals surface area contributed by atoms with Gasteiger partial charge in [-0.05, 0) is 42.8 Å². The van der Waals surface area contributed by atoms with E-state index in [1.807, 2.05) is 78.6 Å². The van der Waals surface area contributed by atoms with Gasteiger partial charge in [-0.1, -0.05) is 60.2 Å². The molecule has 2 amide bonds. The van der Waals surface area contributed by atoms with Crippen LogP contribution in [0.2, 0.25) is 0 Å². The highest BCUT2D eigenvalue weighted by Crippen LogP contribution is 2.35. The van der Waals surface area contributed by atoms with Gasteiger partial charge in [0.2, 0.25) is 5.91 Å². The molecule has 3 aromatic rings. The number of piperazine rings is 1. The van der Waals surface area contributed by atoms with Gasteiger partial charge >= 0.3 is 0 Å². The molecular weight excluding hydrogens is 426 g/mol. The molecule has 0 N–H and O–H groups in total. The zero-order chi connectivity index (χ0) is 23.5. The Morgan fingerprint density at radius 3 is 2.41 bits per heavy atom. The number of carbonyl (C=O) groups is 2. The van der Waals surface area contributed by atoms with Gasteiger partial charge < -0.3 is 14.5 Å². The number of fused-ring (bicyclic) bond motifs is 1. The van der Waals surface area contributed by atoms with Crippen LogP contribution >= 0.6 is 0 Å². The second kappa shape index (κ2) is 9.43. The molecule has 0 radical (unpaired) electrons. The van der Waals surface area contributed by atoms with Crippen molar-refractivity contribution in [2.45, 2.75) is 6.92 Å². The number of anilines is 2. The number of nitrogens with zero attached hydrogens (tertiary/aromatic N) is 3. The van der Waals surface area contributed by atoms with E-state index in [-0.39, 0.29) is 24.1 Å². The number of amides is 2. The molecule has 2 heterocycles. The molecule has 172 valence electrons. The summed E-state index contributed by atoms with van der Waals surface area (Å²) in [4.78, 5) is 32.3. The van der Waals surface area contributed by atoms with Crippen LogP contribution in [0, 0.1) is 6.92 Å². The van der Waals surface area contributed by atoms with Gasteiger partial charge in [0, 0.05) is 31.9 Å². The van der Waals surface area contributed by atoms with Crippen LogP contribution in [0.4, 0.5) is 11.4 Å². The molecule has 0 atom stereocenters. The van der Waals surface area contributed by atoms with Crippen molar-refractivity contribution in [3.63, 3.8) is 0 Å². The Bertz CT molecular complexity index is 1230. The summed E-state index contributed by atoms with van der Waals surface area (Å²) in [7, 11) is 0. The Balaban J connectivity index is 1.33. The van der Waals surface area contributed by atoms with Crippen molar-refractivity contribution in [1.82, 2.24) is 4.90 Å². The van der Waals surface area contributed by atoms with Crippen LogP contribution in [0.15, 0.2) is 84.6 Å². The van der Waals surface area contributed by atoms with Crippen molar-refractivity contribution >= 4 is 29.3 Å². The van der Waals surface area contributed by atoms with E-state index in [0.29, 0.717) is 24.5 Å². The first-order chi connectivity index (χ1) is 16.6. The number of hydrogen-bond acceptors (Lipinski definition) is 4. The quantitative estimate of drug-likeness (QED) is 0.558. The van der Waals surface area contributed by atoms with E-state index >= 15 is 0 Å². The summed E-state index contributed by atoms with van der Waals surface area (Å²) in [5, 5.41) is 0. The SMILES string of the molecule is Cc1cccc(C=C2Oc3ccccc3N(CC(=O)N3CCN(c4ccccc4)CC3)C2=O)c1. The van der Waals surface area contributed by atoms with Gasteiger partial charge in [-0.3, -0.25) is 14.5 Å². The van der Waals surface area contributed by atoms with E-state index < -0.39 is 0 Å². The fraction of sp³-hybridized carbons (Fsp3) is 0.214. The van der Waals surface area contributed by atoms with Crippen molar-refractivity contribution < 1.29 is 14.3 Å². The summed E-state index contributed by atoms with van der Waals surface area (Å²) >= 11 is 0. The van der Waals surface area contributed by atoms with Crippen molar-refractivity contribution in [2.24, 2.45) is 0 Å². The van der Waals surface area contributed by atoms with Crippen LogP contribution in [-0.2, 0) is 9.59 Å². The lowest BCUT2D eigenvalue weighted by molar-refractivity contribution is -0.131. The Kier molecular flexibility index (Phi) is 6.04. The van der Waals surface area contributed by atoms with Crippen LogP contribution < -0.4 is 14.5 Å². The van der Waals surface area contributed by atoms with Crippen LogP contribution in [0.5, 0.6) is 5.75 Å². The zero-order valence-electron chi connectivity index (χ0n) is 19.2. The van der Waals surface area contributed by atoms with Crippen molar-refractivity contribution in [3.05, 3.63) is 95.7 Å². The van der Waals surface area contributed by atoms with E-state index in [4.69, 9.17) is 4.74 Å². The topological polar surface area (TPSA) is 53.1 Å². The van der Waals surface area contributed by atoms with Crippen LogP contribution in [0.1, 0.15) is 11.1 Å². The van der Waals surface area contributed by atoms with E-state index in [9.17, 15) is 9.59 Å². The molecule has 2 aliphatic heterocycles. The van der Waals surface area contributed by atoms with Gasteiger partial charge in [-0.2, -0.15) is 0 Å². The van der Waals surface area contributed by atoms with Crippen molar-refractivity contribution in [2.75, 3.05) is 42.5 Å². The average Bonchev–Trinajstić information content (AvgIpc) is 2.87. The summed E-state index contributed by atoms with van der Waals surface area (Å²) in [6.45, 7) is 4.77. The summed E-state index contributed by atoms with van der Waals surface area (Å²) in [5.41, 5.74) is 3.76. The highest BCUT2D eigenvalue weighted by molar-refractivity contribution is 6.12. The smallest absolute Gasteiger partial charge is 0.294 e. The van der Waals surface area contributed by atoms with Gasteiger partial charge in [0.25, 0.3) is 5.91 Å². The number of ether oxygens (including phenoxy) is 1. The first-order valence-electron chi connectivity index (χ1n) is 11.5. The Hall–Kier alpha value is -4.06. The third-order valence-electron chi connectivity index (χ3n) is 6.22. The lowest BCUT2D eigenvalue weighted by Crippen LogP contribution is -2.52. The second-order valence-corrected chi connectivity index (χ2v) is 8.59. The molecule has 6 nitrogen and oxygen atoms in total. The molecule has 6 heteroatoms. The van der Waals surface area contributed by atoms with Crippen molar-refractivity contribution in [1.29, 1.82) is 0 Å². The zero-order valence-corrected chi connectivity index (χ0v) is 19.2. The minimum Gasteiger partial charge on any atom is -0.449 e. The Morgan fingerprint density at radius 1 is 0.912 bits per heavy atom. The standard InChI is InChI=1S/C28H27N3O3/c1-21-8-7-9-22(18-21)19-26-28(33)31(24-12-5-6-13-25(24)34-26)20-27(32)30-16-14-29(15-17-30)23-10-3-2-4-11-23/h2-13,18-19H,14-17,20H2,1H3. The predicted molar refractivity (Wildman–Crippen MR) is 134 cm³/mol. The molecule has 3 aromatic carbocycles. The number of aryl methyl sites for hydroxylation is 1. The molecule has 2 aliphatic rings. The molecule has 0 saturated carbocycles. The van der Waals surface area contributed by atoms with Crippen LogP contribution in [0.25, 0.3) is 6.08 Å². The maximum absolute atomic E-state index is 13.4. The van der Waals surface area contributed by atoms with E-state index in [1.165, 1.54) is 4.90 Å². The predicted octanol–water partition coefficient (Wildman–Crippen LogP) is 4.11. The van der Waals surface area contributed by atoms with Crippen molar-refractivity contribution in [3.8, 4) is 5.75 Å². The Morgan fingerprint density at radius 2 is 1.65 bits per heavy atom. The van der Waals surface area contributed by atoms with Gasteiger partial charge in [-0.15, -0.1) is 0 Å². The molecule has 0 unspecified atom stereocenters. The fourth-order valence-electron chi connectivity index (χ4n) is 4.42. The summed E-state index contributed by atoms with van der Waals surface area (Å²) < 4.78 is 5.95. The minimum atomic E-state index is -0.309. The molecule has 1 saturated heterocycles. The lowest BCUT2D eigenvalue weighted by Gasteiger charge is -2.37. The van der Waals surface area contributed by atoms with Gasteiger partial charge in [0.05, 0.1) is 5.69 Å². The monoisotopic (exact) mass is 453 g/mol. The number of benzene rings is 3. The molecule has 0 spiro atoms. The third kappa shape index (κ3) is 4.53. The summed E-state index contributed by atoms with van der Waals surface area (Å²) in [6, 6.07) is 25.4. The molecule has 0 aliphatic carbocycles. The van der Waals surface area contributed by atoms with E-state index in [0.717, 1.165) is 29.9 Å². The average molecular weight is 454 g/mol. The molecule has 0 bridgehead atoms. The third-order valence-corrected chi connectivity index (χ3v) is 6.22. The summed E-state index contributed by atoms with van der Waals surface area (Å²) in [6.07, 6.45) is 1.74. The van der Waals surface area contributed by atoms with Gasteiger partial charge in [0.1, 0.15) is 6.54 Å². The Labute approximate surface area is 199 Å². The molecule has 0 aromatic heterocycles. The molecule has 5 rings (SSSR count). The summed E-state index contributed by atoms with van der Waals surface area (Å²) in [5.74, 6) is 0.415.